The van der Waals surface area contributed by atoms with Crippen LogP contribution in [0.25, 0.3) is 16.9 Å². The summed E-state index contributed by atoms with van der Waals surface area (Å²) in [6.45, 7) is 1.86. The zero-order valence-electron chi connectivity index (χ0n) is 14.5. The monoisotopic (exact) mass is 401 g/mol. The van der Waals surface area contributed by atoms with Gasteiger partial charge in [-0.05, 0) is 37.3 Å². The number of nitrogens with one attached hydrogen (secondary N) is 1. The van der Waals surface area contributed by atoms with E-state index in [1.54, 1.807) is 22.8 Å². The average molecular weight is 401 g/mol. The fourth-order valence-corrected chi connectivity index (χ4v) is 3.78. The molecule has 0 saturated carbocycles. The first-order valence-corrected chi connectivity index (χ1v) is 9.56. The van der Waals surface area contributed by atoms with E-state index < -0.39 is 26.6 Å². The lowest BCUT2D eigenvalue weighted by molar-refractivity contribution is 0.551. The Balaban J connectivity index is 1.69. The first kappa shape index (κ1) is 18.0. The maximum absolute atomic E-state index is 13.9. The van der Waals surface area contributed by atoms with Crippen molar-refractivity contribution >= 4 is 21.4 Å². The number of fused-ring (bicyclic) bond motifs is 1. The van der Waals surface area contributed by atoms with Crippen LogP contribution in [0.15, 0.2) is 59.9 Å². The molecule has 0 fully saturated rings. The molecule has 0 bridgehead atoms. The molecule has 142 valence electrons. The van der Waals surface area contributed by atoms with E-state index in [0.717, 1.165) is 17.8 Å². The van der Waals surface area contributed by atoms with Gasteiger partial charge >= 0.3 is 0 Å². The van der Waals surface area contributed by atoms with E-state index in [1.807, 2.05) is 6.92 Å². The van der Waals surface area contributed by atoms with Gasteiger partial charge in [-0.25, -0.2) is 26.7 Å². The molecule has 1 N–H and O–H groups in total. The summed E-state index contributed by atoms with van der Waals surface area (Å²) >= 11 is 0. The number of halogens is 2. The van der Waals surface area contributed by atoms with Crippen LogP contribution in [0, 0.1) is 18.6 Å². The van der Waals surface area contributed by atoms with Crippen LogP contribution in [-0.2, 0) is 10.0 Å². The van der Waals surface area contributed by atoms with Crippen molar-refractivity contribution in [2.24, 2.45) is 0 Å². The number of rotatable bonds is 4. The van der Waals surface area contributed by atoms with E-state index in [-0.39, 0.29) is 5.69 Å². The van der Waals surface area contributed by atoms with Gasteiger partial charge in [-0.15, -0.1) is 0 Å². The molecule has 0 radical (unpaired) electrons. The van der Waals surface area contributed by atoms with Gasteiger partial charge in [-0.1, -0.05) is 0 Å². The van der Waals surface area contributed by atoms with Gasteiger partial charge in [0.15, 0.2) is 5.65 Å². The second-order valence-electron chi connectivity index (χ2n) is 6.03. The highest BCUT2D eigenvalue weighted by Gasteiger charge is 2.20. The number of pyridine rings is 1. The Kier molecular flexibility index (Phi) is 4.27. The molecule has 0 aliphatic heterocycles. The highest BCUT2D eigenvalue weighted by Crippen LogP contribution is 2.23. The summed E-state index contributed by atoms with van der Waals surface area (Å²) in [7, 11) is -4.26. The molecule has 28 heavy (non-hydrogen) atoms. The molecule has 0 saturated heterocycles. The second-order valence-corrected chi connectivity index (χ2v) is 7.68. The van der Waals surface area contributed by atoms with Crippen molar-refractivity contribution in [1.29, 1.82) is 0 Å². The van der Waals surface area contributed by atoms with Gasteiger partial charge in [0.25, 0.3) is 10.0 Å². The molecular formula is C18H13F2N5O2S. The molecule has 0 aliphatic carbocycles. The predicted octanol–water partition coefficient (Wildman–Crippen LogP) is 3.18. The van der Waals surface area contributed by atoms with Crippen molar-refractivity contribution in [2.75, 3.05) is 4.72 Å². The topological polar surface area (TPSA) is 89.2 Å². The molecule has 0 amide bonds. The van der Waals surface area contributed by atoms with Crippen LogP contribution in [0.4, 0.5) is 14.5 Å². The number of sulfonamides is 1. The summed E-state index contributed by atoms with van der Waals surface area (Å²) in [5, 5.41) is 4.46. The molecular weight excluding hydrogens is 388 g/mol. The number of hydrogen-bond acceptors (Lipinski definition) is 5. The highest BCUT2D eigenvalue weighted by atomic mass is 32.2. The van der Waals surface area contributed by atoms with Gasteiger partial charge in [-0.2, -0.15) is 5.10 Å². The molecule has 4 rings (SSSR count). The number of aromatic nitrogens is 4. The number of nitrogens with zero attached hydrogens (tertiary/aromatic N) is 4. The van der Waals surface area contributed by atoms with Crippen molar-refractivity contribution in [2.45, 2.75) is 11.8 Å². The fraction of sp³-hybridized carbons (Fsp3) is 0.0556. The third kappa shape index (κ3) is 3.29. The molecule has 0 atom stereocenters. The van der Waals surface area contributed by atoms with Gasteiger partial charge in [0.2, 0.25) is 0 Å². The maximum atomic E-state index is 13.9. The molecule has 0 unspecified atom stereocenters. The number of anilines is 1. The summed E-state index contributed by atoms with van der Waals surface area (Å²) in [5.41, 5.74) is 2.74. The standard InChI is InChI=1S/C18H13F2N5O2S/c1-11-8-22-18-5-3-16(23-25(11)18)12-6-14(10-21-9-12)24-28(26,27)17-4-2-13(19)7-15(17)20/h2-10,24H,1H3. The van der Waals surface area contributed by atoms with Crippen molar-refractivity contribution in [1.82, 2.24) is 19.6 Å². The van der Waals surface area contributed by atoms with Gasteiger partial charge in [0, 0.05) is 17.8 Å². The molecule has 7 nitrogen and oxygen atoms in total. The summed E-state index contributed by atoms with van der Waals surface area (Å²) in [6, 6.07) is 7.28. The molecule has 0 spiro atoms. The Hall–Kier alpha value is -3.40. The molecule has 10 heteroatoms. The Morgan fingerprint density at radius 3 is 2.64 bits per heavy atom. The van der Waals surface area contributed by atoms with Crippen LogP contribution >= 0.6 is 0 Å². The minimum atomic E-state index is -4.26. The Labute approximate surface area is 158 Å². The van der Waals surface area contributed by atoms with E-state index in [2.05, 4.69) is 19.8 Å². The van der Waals surface area contributed by atoms with Gasteiger partial charge < -0.3 is 0 Å². The van der Waals surface area contributed by atoms with Crippen LogP contribution in [0.1, 0.15) is 5.69 Å². The number of imidazole rings is 1. The highest BCUT2D eigenvalue weighted by molar-refractivity contribution is 7.92. The summed E-state index contributed by atoms with van der Waals surface area (Å²) in [4.78, 5) is 7.56. The van der Waals surface area contributed by atoms with Crippen LogP contribution in [0.3, 0.4) is 0 Å². The van der Waals surface area contributed by atoms with Crippen LogP contribution < -0.4 is 4.72 Å². The second kappa shape index (κ2) is 6.64. The van der Waals surface area contributed by atoms with Crippen LogP contribution in [-0.4, -0.2) is 28.0 Å². The number of aryl methyl sites for hydroxylation is 1. The number of hydrogen-bond donors (Lipinski definition) is 1. The Morgan fingerprint density at radius 2 is 1.86 bits per heavy atom. The van der Waals surface area contributed by atoms with Crippen molar-refractivity contribution in [3.63, 3.8) is 0 Å². The van der Waals surface area contributed by atoms with Crippen molar-refractivity contribution < 1.29 is 17.2 Å². The largest absolute Gasteiger partial charge is 0.278 e. The van der Waals surface area contributed by atoms with E-state index in [4.69, 9.17) is 0 Å². The molecule has 3 heterocycles. The van der Waals surface area contributed by atoms with Crippen molar-refractivity contribution in [3.05, 3.63) is 72.3 Å². The zero-order chi connectivity index (χ0) is 19.9. The lowest BCUT2D eigenvalue weighted by Gasteiger charge is -2.10. The zero-order valence-corrected chi connectivity index (χ0v) is 15.3. The smallest absolute Gasteiger partial charge is 0.264 e. The van der Waals surface area contributed by atoms with Crippen molar-refractivity contribution in [3.8, 4) is 11.3 Å². The summed E-state index contributed by atoms with van der Waals surface area (Å²) in [6.07, 6.45) is 4.49. The first-order chi connectivity index (χ1) is 13.3. The maximum Gasteiger partial charge on any atom is 0.264 e. The third-order valence-corrected chi connectivity index (χ3v) is 5.42. The van der Waals surface area contributed by atoms with Gasteiger partial charge in [-0.3, -0.25) is 9.71 Å². The summed E-state index contributed by atoms with van der Waals surface area (Å²) < 4.78 is 55.7. The van der Waals surface area contributed by atoms with E-state index in [0.29, 0.717) is 23.0 Å². The lowest BCUT2D eigenvalue weighted by Crippen LogP contribution is -2.15. The van der Waals surface area contributed by atoms with Crippen LogP contribution in [0.5, 0.6) is 0 Å². The Morgan fingerprint density at radius 1 is 1.04 bits per heavy atom. The molecule has 3 aromatic heterocycles. The predicted molar refractivity (Wildman–Crippen MR) is 98.1 cm³/mol. The normalized spacial score (nSPS) is 11.7. The first-order valence-electron chi connectivity index (χ1n) is 8.08. The molecule has 4 aromatic rings. The number of benzene rings is 1. The fourth-order valence-electron chi connectivity index (χ4n) is 2.68. The Bertz CT molecular complexity index is 1300. The molecule has 0 aliphatic rings. The van der Waals surface area contributed by atoms with Crippen LogP contribution in [0.2, 0.25) is 0 Å². The summed E-state index contributed by atoms with van der Waals surface area (Å²) in [5.74, 6) is -2.05. The van der Waals surface area contributed by atoms with Gasteiger partial charge in [0.1, 0.15) is 16.5 Å². The minimum Gasteiger partial charge on any atom is -0.278 e. The average Bonchev–Trinajstić information content (AvgIpc) is 3.02. The van der Waals surface area contributed by atoms with E-state index in [9.17, 15) is 17.2 Å². The lowest BCUT2D eigenvalue weighted by atomic mass is 10.2. The quantitative estimate of drug-likeness (QED) is 0.567. The third-order valence-electron chi connectivity index (χ3n) is 4.00. The van der Waals surface area contributed by atoms with E-state index >= 15 is 0 Å². The minimum absolute atomic E-state index is 0.116. The van der Waals surface area contributed by atoms with Gasteiger partial charge in [0.05, 0.1) is 29.5 Å². The SMILES string of the molecule is Cc1cnc2ccc(-c3cncc(NS(=O)(=O)c4ccc(F)cc4F)c3)nn12. The van der Waals surface area contributed by atoms with E-state index in [1.165, 1.54) is 18.5 Å². The molecule has 1 aromatic carbocycles.